The number of unbranched alkanes of at least 4 members (excludes halogenated alkanes) is 2. The Morgan fingerprint density at radius 3 is 1.52 bits per heavy atom. The van der Waals surface area contributed by atoms with Crippen LogP contribution in [-0.4, -0.2) is 13.2 Å². The van der Waals surface area contributed by atoms with E-state index in [0.717, 1.165) is 48.3 Å². The van der Waals surface area contributed by atoms with Crippen LogP contribution in [0.15, 0.2) is 48.5 Å². The zero-order chi connectivity index (χ0) is 19.5. The van der Waals surface area contributed by atoms with Crippen molar-refractivity contribution in [2.45, 2.75) is 45.1 Å². The van der Waals surface area contributed by atoms with E-state index in [1.807, 2.05) is 48.5 Å². The number of ether oxygens (including phenoxy) is 2. The van der Waals surface area contributed by atoms with E-state index in [-0.39, 0.29) is 0 Å². The lowest BCUT2D eigenvalue weighted by Gasteiger charge is -2.27. The zero-order valence-corrected chi connectivity index (χ0v) is 16.2. The lowest BCUT2D eigenvalue weighted by Crippen LogP contribution is -2.32. The highest BCUT2D eigenvalue weighted by Crippen LogP contribution is 2.34. The first kappa shape index (κ1) is 20.8. The average molecular weight is 367 g/mol. The standard InChI is InChI=1S/C23H29NO3/c1-4-7-17-25-21-13-9-19(10-14-21)23(6-3,27-24)20-11-15-22(16-12-20)26-18-8-5-2/h3,9-16H,4-5,7-8,17-18,24H2,1-2H3. The summed E-state index contributed by atoms with van der Waals surface area (Å²) in [6.45, 7) is 5.66. The maximum atomic E-state index is 5.84. The van der Waals surface area contributed by atoms with Gasteiger partial charge in [-0.15, -0.1) is 6.42 Å². The van der Waals surface area contributed by atoms with Crippen molar-refractivity contribution >= 4 is 0 Å². The van der Waals surface area contributed by atoms with E-state index >= 15 is 0 Å². The predicted octanol–water partition coefficient (Wildman–Crippen LogP) is 4.81. The Balaban J connectivity index is 2.20. The predicted molar refractivity (Wildman–Crippen MR) is 109 cm³/mol. The van der Waals surface area contributed by atoms with Crippen molar-refractivity contribution in [1.82, 2.24) is 0 Å². The van der Waals surface area contributed by atoms with E-state index in [9.17, 15) is 0 Å². The molecule has 0 amide bonds. The van der Waals surface area contributed by atoms with Gasteiger partial charge >= 0.3 is 0 Å². The molecule has 0 aliphatic heterocycles. The first-order chi connectivity index (χ1) is 13.2. The third kappa shape index (κ3) is 5.26. The minimum absolute atomic E-state index is 0.697. The van der Waals surface area contributed by atoms with Gasteiger partial charge in [0.2, 0.25) is 0 Å². The lowest BCUT2D eigenvalue weighted by molar-refractivity contribution is 0.0257. The minimum atomic E-state index is -1.16. The van der Waals surface area contributed by atoms with Crippen molar-refractivity contribution in [2.24, 2.45) is 5.90 Å². The number of hydrogen-bond donors (Lipinski definition) is 1. The van der Waals surface area contributed by atoms with Gasteiger partial charge < -0.3 is 9.47 Å². The van der Waals surface area contributed by atoms with E-state index in [1.54, 1.807) is 0 Å². The Labute approximate surface area is 162 Å². The highest BCUT2D eigenvalue weighted by Gasteiger charge is 2.33. The summed E-state index contributed by atoms with van der Waals surface area (Å²) in [6, 6.07) is 15.1. The van der Waals surface area contributed by atoms with Crippen LogP contribution < -0.4 is 15.4 Å². The average Bonchev–Trinajstić information content (AvgIpc) is 2.72. The second-order valence-corrected chi connectivity index (χ2v) is 6.40. The fourth-order valence-corrected chi connectivity index (χ4v) is 2.74. The molecular weight excluding hydrogens is 338 g/mol. The molecule has 0 aliphatic rings. The van der Waals surface area contributed by atoms with Crippen molar-refractivity contribution < 1.29 is 14.3 Å². The number of benzene rings is 2. The molecule has 4 nitrogen and oxygen atoms in total. The molecule has 0 atom stereocenters. The molecule has 2 N–H and O–H groups in total. The molecule has 0 radical (unpaired) electrons. The molecule has 2 aromatic rings. The number of rotatable bonds is 11. The lowest BCUT2D eigenvalue weighted by atomic mass is 9.87. The molecule has 0 spiro atoms. The minimum Gasteiger partial charge on any atom is -0.494 e. The molecule has 2 rings (SSSR count). The van der Waals surface area contributed by atoms with Crippen molar-refractivity contribution in [2.75, 3.05) is 13.2 Å². The molecule has 2 aromatic carbocycles. The largest absolute Gasteiger partial charge is 0.494 e. The molecule has 0 saturated carbocycles. The van der Waals surface area contributed by atoms with Gasteiger partial charge in [-0.2, -0.15) is 0 Å². The van der Waals surface area contributed by atoms with Gasteiger partial charge in [-0.25, -0.2) is 5.90 Å². The Hall–Kier alpha value is -2.48. The Morgan fingerprint density at radius 2 is 1.22 bits per heavy atom. The number of hydrogen-bond acceptors (Lipinski definition) is 4. The maximum Gasteiger partial charge on any atom is 0.199 e. The third-order valence-corrected chi connectivity index (χ3v) is 4.43. The van der Waals surface area contributed by atoms with Gasteiger partial charge in [0.25, 0.3) is 0 Å². The Kier molecular flexibility index (Phi) is 8.19. The van der Waals surface area contributed by atoms with Gasteiger partial charge in [0, 0.05) is 11.1 Å². The van der Waals surface area contributed by atoms with Gasteiger partial charge in [0.05, 0.1) is 13.2 Å². The summed E-state index contributed by atoms with van der Waals surface area (Å²) >= 11 is 0. The smallest absolute Gasteiger partial charge is 0.199 e. The summed E-state index contributed by atoms with van der Waals surface area (Å²) in [5.41, 5.74) is 0.383. The van der Waals surface area contributed by atoms with Gasteiger partial charge in [0.15, 0.2) is 5.60 Å². The Morgan fingerprint density at radius 1 is 0.815 bits per heavy atom. The van der Waals surface area contributed by atoms with Crippen LogP contribution in [0, 0.1) is 12.3 Å². The van der Waals surface area contributed by atoms with Crippen LogP contribution in [0.5, 0.6) is 11.5 Å². The highest BCUT2D eigenvalue weighted by atomic mass is 16.6. The molecule has 0 unspecified atom stereocenters. The Bertz CT molecular complexity index is 663. The van der Waals surface area contributed by atoms with Crippen LogP contribution in [0.4, 0.5) is 0 Å². The summed E-state index contributed by atoms with van der Waals surface area (Å²) < 4.78 is 11.4. The van der Waals surface area contributed by atoms with Crippen LogP contribution in [0.1, 0.15) is 50.7 Å². The van der Waals surface area contributed by atoms with Crippen LogP contribution in [0.2, 0.25) is 0 Å². The van der Waals surface area contributed by atoms with E-state index in [0.29, 0.717) is 13.2 Å². The van der Waals surface area contributed by atoms with E-state index in [4.69, 9.17) is 26.6 Å². The third-order valence-electron chi connectivity index (χ3n) is 4.43. The van der Waals surface area contributed by atoms with Crippen LogP contribution in [0.3, 0.4) is 0 Å². The molecule has 144 valence electrons. The molecule has 0 saturated heterocycles. The summed E-state index contributed by atoms with van der Waals surface area (Å²) in [5, 5.41) is 0. The van der Waals surface area contributed by atoms with E-state index in [1.165, 1.54) is 0 Å². The second kappa shape index (κ2) is 10.6. The summed E-state index contributed by atoms with van der Waals surface area (Å²) in [7, 11) is 0. The normalized spacial score (nSPS) is 11.0. The van der Waals surface area contributed by atoms with Crippen LogP contribution in [-0.2, 0) is 10.4 Å². The summed E-state index contributed by atoms with van der Waals surface area (Å²) in [6.07, 6.45) is 10.1. The maximum absolute atomic E-state index is 5.84. The van der Waals surface area contributed by atoms with Gasteiger partial charge in [-0.05, 0) is 37.1 Å². The van der Waals surface area contributed by atoms with Crippen molar-refractivity contribution in [1.29, 1.82) is 0 Å². The van der Waals surface area contributed by atoms with Gasteiger partial charge in [-0.1, -0.05) is 56.9 Å². The zero-order valence-electron chi connectivity index (χ0n) is 16.2. The van der Waals surface area contributed by atoms with Crippen LogP contribution >= 0.6 is 0 Å². The highest BCUT2D eigenvalue weighted by molar-refractivity contribution is 5.47. The molecule has 0 aliphatic carbocycles. The monoisotopic (exact) mass is 367 g/mol. The molecule has 0 bridgehead atoms. The first-order valence-electron chi connectivity index (χ1n) is 9.52. The molecular formula is C23H29NO3. The van der Waals surface area contributed by atoms with Crippen molar-refractivity contribution in [3.05, 3.63) is 59.7 Å². The van der Waals surface area contributed by atoms with E-state index < -0.39 is 5.60 Å². The van der Waals surface area contributed by atoms with Gasteiger partial charge in [0.1, 0.15) is 11.5 Å². The summed E-state index contributed by atoms with van der Waals surface area (Å²) in [5.74, 6) is 9.96. The molecule has 0 aromatic heterocycles. The summed E-state index contributed by atoms with van der Waals surface area (Å²) in [4.78, 5) is 5.32. The quantitative estimate of drug-likeness (QED) is 0.352. The van der Waals surface area contributed by atoms with E-state index in [2.05, 4.69) is 19.8 Å². The molecule has 0 heterocycles. The molecule has 27 heavy (non-hydrogen) atoms. The fraction of sp³-hybridized carbons (Fsp3) is 0.391. The molecule has 4 heteroatoms. The first-order valence-corrected chi connectivity index (χ1v) is 9.52. The number of terminal acetylenes is 1. The van der Waals surface area contributed by atoms with Crippen molar-refractivity contribution in [3.63, 3.8) is 0 Å². The van der Waals surface area contributed by atoms with Crippen LogP contribution in [0.25, 0.3) is 0 Å². The SMILES string of the molecule is C#CC(ON)(c1ccc(OCCCC)cc1)c1ccc(OCCCC)cc1. The van der Waals surface area contributed by atoms with Gasteiger partial charge in [-0.3, -0.25) is 4.84 Å². The molecule has 0 fully saturated rings. The van der Waals surface area contributed by atoms with Crippen molar-refractivity contribution in [3.8, 4) is 23.8 Å². The second-order valence-electron chi connectivity index (χ2n) is 6.40. The topological polar surface area (TPSA) is 53.7 Å². The number of nitrogens with two attached hydrogens (primary N) is 1. The fourth-order valence-electron chi connectivity index (χ4n) is 2.74.